The lowest BCUT2D eigenvalue weighted by Crippen LogP contribution is -2.15. The van der Waals surface area contributed by atoms with Gasteiger partial charge in [0.15, 0.2) is 0 Å². The fourth-order valence-corrected chi connectivity index (χ4v) is 2.83. The number of benzene rings is 1. The Balaban J connectivity index is 2.07. The highest BCUT2D eigenvalue weighted by Gasteiger charge is 2.05. The molecule has 1 heterocycles. The molecule has 1 N–H and O–H groups in total. The molecule has 2 aromatic rings. The summed E-state index contributed by atoms with van der Waals surface area (Å²) in [6.45, 7) is 0.709. The third-order valence-electron chi connectivity index (χ3n) is 2.88. The summed E-state index contributed by atoms with van der Waals surface area (Å²) < 4.78 is 0. The summed E-state index contributed by atoms with van der Waals surface area (Å²) in [7, 11) is 1.96. The van der Waals surface area contributed by atoms with Crippen molar-refractivity contribution in [1.29, 1.82) is 5.26 Å². The van der Waals surface area contributed by atoms with Crippen LogP contribution < -0.4 is 4.90 Å². The number of rotatable bonds is 5. The zero-order chi connectivity index (χ0) is 15.2. The third kappa shape index (κ3) is 4.20. The predicted molar refractivity (Wildman–Crippen MR) is 84.3 cm³/mol. The van der Waals surface area contributed by atoms with Crippen LogP contribution in [0.15, 0.2) is 42.5 Å². The molecule has 0 aliphatic carbocycles. The molecule has 0 saturated carbocycles. The Bertz CT molecular complexity index is 713. The minimum absolute atomic E-state index is 0.635. The van der Waals surface area contributed by atoms with Gasteiger partial charge in [0.1, 0.15) is 0 Å². The van der Waals surface area contributed by atoms with E-state index >= 15 is 0 Å². The average molecular weight is 298 g/mol. The van der Waals surface area contributed by atoms with E-state index in [1.807, 2.05) is 37.4 Å². The molecule has 106 valence electrons. The zero-order valence-corrected chi connectivity index (χ0v) is 12.3. The molecule has 0 aliphatic heterocycles. The van der Waals surface area contributed by atoms with Crippen LogP contribution in [0.25, 0.3) is 6.08 Å². The largest absolute Gasteiger partial charge is 0.478 e. The van der Waals surface area contributed by atoms with Gasteiger partial charge in [0.25, 0.3) is 0 Å². The molecule has 0 atom stereocenters. The van der Waals surface area contributed by atoms with Crippen LogP contribution in [0, 0.1) is 11.3 Å². The van der Waals surface area contributed by atoms with Gasteiger partial charge in [-0.1, -0.05) is 6.07 Å². The third-order valence-corrected chi connectivity index (χ3v) is 3.92. The van der Waals surface area contributed by atoms with Crippen molar-refractivity contribution in [2.24, 2.45) is 0 Å². The van der Waals surface area contributed by atoms with Crippen molar-refractivity contribution in [2.75, 3.05) is 11.9 Å². The molecule has 1 aromatic heterocycles. The van der Waals surface area contributed by atoms with Gasteiger partial charge in [0.05, 0.1) is 18.2 Å². The number of thiophene rings is 1. The highest BCUT2D eigenvalue weighted by Crippen LogP contribution is 2.22. The Hall–Kier alpha value is -2.58. The molecular formula is C16H14N2O2S. The van der Waals surface area contributed by atoms with E-state index in [1.54, 1.807) is 23.5 Å². The number of aliphatic carboxylic acids is 1. The Morgan fingerprint density at radius 1 is 1.43 bits per heavy atom. The number of carbonyl (C=O) groups is 1. The van der Waals surface area contributed by atoms with Gasteiger partial charge in [-0.3, -0.25) is 0 Å². The summed E-state index contributed by atoms with van der Waals surface area (Å²) in [5.74, 6) is -0.949. The van der Waals surface area contributed by atoms with E-state index in [0.29, 0.717) is 12.1 Å². The molecule has 2 rings (SSSR count). The molecule has 0 amide bonds. The highest BCUT2D eigenvalue weighted by molar-refractivity contribution is 7.12. The standard InChI is InChI=1S/C16H14N2O2S/c1-18(13-4-2-3-12(9-13)10-17)11-15-6-5-14(21-15)7-8-16(19)20/h2-9H,11H2,1H3,(H,19,20). The van der Waals surface area contributed by atoms with Crippen molar-refractivity contribution < 1.29 is 9.90 Å². The Morgan fingerprint density at radius 2 is 2.24 bits per heavy atom. The number of hydrogen-bond donors (Lipinski definition) is 1. The molecule has 0 spiro atoms. The molecular weight excluding hydrogens is 284 g/mol. The first kappa shape index (κ1) is 14.8. The smallest absolute Gasteiger partial charge is 0.328 e. The van der Waals surface area contributed by atoms with Crippen LogP contribution in [0.1, 0.15) is 15.3 Å². The number of nitriles is 1. The minimum Gasteiger partial charge on any atom is -0.478 e. The summed E-state index contributed by atoms with van der Waals surface area (Å²) in [4.78, 5) is 14.6. The number of hydrogen-bond acceptors (Lipinski definition) is 4. The molecule has 5 heteroatoms. The van der Waals surface area contributed by atoms with Gasteiger partial charge in [-0.2, -0.15) is 5.26 Å². The molecule has 0 aliphatic rings. The fraction of sp³-hybridized carbons (Fsp3) is 0.125. The van der Waals surface area contributed by atoms with Crippen LogP contribution in [0.2, 0.25) is 0 Å². The Kier molecular flexibility index (Phi) is 4.75. The quantitative estimate of drug-likeness (QED) is 0.860. The average Bonchev–Trinajstić information content (AvgIpc) is 2.92. The first-order chi connectivity index (χ1) is 10.1. The van der Waals surface area contributed by atoms with Gasteiger partial charge in [-0.15, -0.1) is 11.3 Å². The zero-order valence-electron chi connectivity index (χ0n) is 11.5. The van der Waals surface area contributed by atoms with Crippen molar-refractivity contribution in [2.45, 2.75) is 6.54 Å². The fourth-order valence-electron chi connectivity index (χ4n) is 1.86. The van der Waals surface area contributed by atoms with Crippen molar-refractivity contribution >= 4 is 29.1 Å². The second-order valence-electron chi connectivity index (χ2n) is 4.49. The maximum atomic E-state index is 10.5. The van der Waals surface area contributed by atoms with Gasteiger partial charge in [0, 0.05) is 28.6 Å². The van der Waals surface area contributed by atoms with Crippen molar-refractivity contribution in [3.63, 3.8) is 0 Å². The van der Waals surface area contributed by atoms with Crippen LogP contribution in [-0.2, 0) is 11.3 Å². The molecule has 21 heavy (non-hydrogen) atoms. The van der Waals surface area contributed by atoms with E-state index in [4.69, 9.17) is 10.4 Å². The Labute approximate surface area is 127 Å². The van der Waals surface area contributed by atoms with Crippen LogP contribution in [0.4, 0.5) is 5.69 Å². The summed E-state index contributed by atoms with van der Waals surface area (Å²) in [5.41, 5.74) is 1.61. The van der Waals surface area contributed by atoms with E-state index in [2.05, 4.69) is 11.0 Å². The normalized spacial score (nSPS) is 10.5. The van der Waals surface area contributed by atoms with Crippen molar-refractivity contribution in [3.05, 3.63) is 57.8 Å². The maximum absolute atomic E-state index is 10.5. The molecule has 1 aromatic carbocycles. The van der Waals surface area contributed by atoms with Crippen molar-refractivity contribution in [3.8, 4) is 6.07 Å². The maximum Gasteiger partial charge on any atom is 0.328 e. The van der Waals surface area contributed by atoms with E-state index in [-0.39, 0.29) is 0 Å². The van der Waals surface area contributed by atoms with Crippen LogP contribution >= 0.6 is 11.3 Å². The van der Waals surface area contributed by atoms with E-state index in [9.17, 15) is 4.79 Å². The molecule has 4 nitrogen and oxygen atoms in total. The van der Waals surface area contributed by atoms with Crippen molar-refractivity contribution in [1.82, 2.24) is 0 Å². The number of anilines is 1. The van der Waals surface area contributed by atoms with Crippen LogP contribution in [0.5, 0.6) is 0 Å². The van der Waals surface area contributed by atoms with E-state index < -0.39 is 5.97 Å². The molecule has 0 saturated heterocycles. The summed E-state index contributed by atoms with van der Waals surface area (Å²) in [5, 5.41) is 17.5. The number of carboxylic acid groups (broad SMARTS) is 1. The molecule has 0 unspecified atom stereocenters. The lowest BCUT2D eigenvalue weighted by Gasteiger charge is -2.18. The van der Waals surface area contributed by atoms with E-state index in [1.165, 1.54) is 0 Å². The second kappa shape index (κ2) is 6.73. The monoisotopic (exact) mass is 298 g/mol. The lowest BCUT2D eigenvalue weighted by molar-refractivity contribution is -0.131. The van der Waals surface area contributed by atoms with Gasteiger partial charge in [0.2, 0.25) is 0 Å². The van der Waals surface area contributed by atoms with E-state index in [0.717, 1.165) is 21.5 Å². The highest BCUT2D eigenvalue weighted by atomic mass is 32.1. The molecule has 0 bridgehead atoms. The number of nitrogens with zero attached hydrogens (tertiary/aromatic N) is 2. The van der Waals surface area contributed by atoms with Gasteiger partial charge < -0.3 is 10.0 Å². The molecule has 0 fully saturated rings. The SMILES string of the molecule is CN(Cc1ccc(C=CC(=O)O)s1)c1cccc(C#N)c1. The molecule has 0 radical (unpaired) electrons. The summed E-state index contributed by atoms with van der Waals surface area (Å²) >= 11 is 1.55. The van der Waals surface area contributed by atoms with Crippen LogP contribution in [-0.4, -0.2) is 18.1 Å². The second-order valence-corrected chi connectivity index (χ2v) is 5.69. The topological polar surface area (TPSA) is 64.3 Å². The summed E-state index contributed by atoms with van der Waals surface area (Å²) in [6.07, 6.45) is 2.72. The van der Waals surface area contributed by atoms with Gasteiger partial charge in [-0.25, -0.2) is 4.79 Å². The van der Waals surface area contributed by atoms with Gasteiger partial charge >= 0.3 is 5.97 Å². The predicted octanol–water partition coefficient (Wildman–Crippen LogP) is 3.35. The Morgan fingerprint density at radius 3 is 2.95 bits per heavy atom. The van der Waals surface area contributed by atoms with Crippen LogP contribution in [0.3, 0.4) is 0 Å². The first-order valence-corrected chi connectivity index (χ1v) is 7.11. The minimum atomic E-state index is -0.949. The lowest BCUT2D eigenvalue weighted by atomic mass is 10.2. The van der Waals surface area contributed by atoms with Gasteiger partial charge in [-0.05, 0) is 36.4 Å². The summed E-state index contributed by atoms with van der Waals surface area (Å²) in [6, 6.07) is 13.5. The first-order valence-electron chi connectivity index (χ1n) is 6.29. The number of carboxylic acids is 1.